The van der Waals surface area contributed by atoms with Gasteiger partial charge in [0.1, 0.15) is 11.6 Å². The predicted molar refractivity (Wildman–Crippen MR) is 82.2 cm³/mol. The lowest BCUT2D eigenvalue weighted by Gasteiger charge is -2.40. The Morgan fingerprint density at radius 2 is 1.80 bits per heavy atom. The van der Waals surface area contributed by atoms with Gasteiger partial charge in [-0.25, -0.2) is 4.98 Å². The summed E-state index contributed by atoms with van der Waals surface area (Å²) in [7, 11) is 1.89. The fourth-order valence-corrected chi connectivity index (χ4v) is 3.37. The molecule has 1 N–H and O–H groups in total. The first-order valence-electron chi connectivity index (χ1n) is 7.85. The van der Waals surface area contributed by atoms with E-state index in [1.165, 1.54) is 45.2 Å². The van der Waals surface area contributed by atoms with E-state index in [1.807, 2.05) is 13.2 Å². The number of hydrogen-bond donors (Lipinski definition) is 1. The molecule has 1 aromatic heterocycles. The Labute approximate surface area is 121 Å². The Morgan fingerprint density at radius 3 is 2.50 bits per heavy atom. The smallest absolute Gasteiger partial charge is 0.149 e. The van der Waals surface area contributed by atoms with Crippen LogP contribution < -0.4 is 10.2 Å². The van der Waals surface area contributed by atoms with Gasteiger partial charge in [0.05, 0.1) is 12.4 Å². The summed E-state index contributed by atoms with van der Waals surface area (Å²) < 4.78 is 0. The zero-order valence-corrected chi connectivity index (χ0v) is 12.4. The van der Waals surface area contributed by atoms with E-state index in [0.717, 1.165) is 30.8 Å². The van der Waals surface area contributed by atoms with Gasteiger partial charge in [-0.3, -0.25) is 4.98 Å². The second-order valence-corrected chi connectivity index (χ2v) is 5.83. The lowest BCUT2D eigenvalue weighted by Crippen LogP contribution is -2.47. The molecule has 0 amide bonds. The van der Waals surface area contributed by atoms with Crippen LogP contribution in [-0.2, 0) is 0 Å². The molecule has 2 saturated heterocycles. The van der Waals surface area contributed by atoms with Crippen molar-refractivity contribution in [3.63, 3.8) is 0 Å². The van der Waals surface area contributed by atoms with Gasteiger partial charge >= 0.3 is 0 Å². The van der Waals surface area contributed by atoms with E-state index in [-0.39, 0.29) is 0 Å². The maximum Gasteiger partial charge on any atom is 0.149 e. The third-order valence-electron chi connectivity index (χ3n) is 4.57. The number of nitrogens with zero attached hydrogens (tertiary/aromatic N) is 4. The number of likely N-dealkylation sites (tertiary alicyclic amines) is 1. The molecule has 0 radical (unpaired) electrons. The summed E-state index contributed by atoms with van der Waals surface area (Å²) in [6, 6.07) is 0.784. The zero-order chi connectivity index (χ0) is 13.8. The number of hydrogen-bond acceptors (Lipinski definition) is 5. The maximum absolute atomic E-state index is 4.59. The molecule has 110 valence electrons. The molecule has 5 heteroatoms. The molecule has 3 heterocycles. The second-order valence-electron chi connectivity index (χ2n) is 5.83. The molecule has 2 aliphatic heterocycles. The molecule has 2 aliphatic rings. The minimum Gasteiger partial charge on any atom is -0.372 e. The van der Waals surface area contributed by atoms with Crippen LogP contribution in [0.5, 0.6) is 0 Å². The van der Waals surface area contributed by atoms with Crippen molar-refractivity contribution in [3.05, 3.63) is 12.4 Å². The molecule has 0 unspecified atom stereocenters. The first kappa shape index (κ1) is 13.6. The largest absolute Gasteiger partial charge is 0.372 e. The van der Waals surface area contributed by atoms with Gasteiger partial charge in [-0.1, -0.05) is 6.42 Å². The highest BCUT2D eigenvalue weighted by molar-refractivity contribution is 5.43. The summed E-state index contributed by atoms with van der Waals surface area (Å²) >= 11 is 0. The maximum atomic E-state index is 4.59. The van der Waals surface area contributed by atoms with Crippen molar-refractivity contribution in [2.45, 2.75) is 38.1 Å². The van der Waals surface area contributed by atoms with Crippen molar-refractivity contribution in [1.82, 2.24) is 14.9 Å². The van der Waals surface area contributed by atoms with Crippen LogP contribution in [0.3, 0.4) is 0 Å². The number of aromatic nitrogens is 2. The van der Waals surface area contributed by atoms with Crippen molar-refractivity contribution in [3.8, 4) is 0 Å². The van der Waals surface area contributed by atoms with Crippen molar-refractivity contribution >= 4 is 11.6 Å². The van der Waals surface area contributed by atoms with Crippen LogP contribution in [0.25, 0.3) is 0 Å². The van der Waals surface area contributed by atoms with Crippen LogP contribution in [0, 0.1) is 0 Å². The van der Waals surface area contributed by atoms with Gasteiger partial charge in [0.2, 0.25) is 0 Å². The second kappa shape index (κ2) is 6.39. The summed E-state index contributed by atoms with van der Waals surface area (Å²) in [5.41, 5.74) is 0. The Bertz CT molecular complexity index is 422. The van der Waals surface area contributed by atoms with Gasteiger partial charge in [0.15, 0.2) is 0 Å². The molecule has 0 bridgehead atoms. The van der Waals surface area contributed by atoms with Gasteiger partial charge in [-0.2, -0.15) is 0 Å². The molecule has 0 aromatic carbocycles. The van der Waals surface area contributed by atoms with E-state index in [1.54, 1.807) is 6.20 Å². The standard InChI is InChI=1S/C15H25N5/c1-16-14-11-17-12-15(18-14)20-9-5-13(6-10-20)19-7-3-2-4-8-19/h11-13H,2-10H2,1H3,(H,16,18). The van der Waals surface area contributed by atoms with Crippen LogP contribution in [0.4, 0.5) is 11.6 Å². The molecule has 0 spiro atoms. The Morgan fingerprint density at radius 1 is 1.05 bits per heavy atom. The summed E-state index contributed by atoms with van der Waals surface area (Å²) in [6.45, 7) is 4.81. The molecule has 0 aliphatic carbocycles. The van der Waals surface area contributed by atoms with Gasteiger partial charge in [-0.15, -0.1) is 0 Å². The van der Waals surface area contributed by atoms with Crippen LogP contribution in [-0.4, -0.2) is 54.1 Å². The van der Waals surface area contributed by atoms with Crippen LogP contribution in [0.2, 0.25) is 0 Å². The van der Waals surface area contributed by atoms with Gasteiger partial charge < -0.3 is 15.1 Å². The number of anilines is 2. The molecule has 0 atom stereocenters. The SMILES string of the molecule is CNc1cncc(N2CCC(N3CCCCC3)CC2)n1. The predicted octanol–water partition coefficient (Wildman–Crippen LogP) is 1.97. The lowest BCUT2D eigenvalue weighted by molar-refractivity contribution is 0.141. The Hall–Kier alpha value is -1.36. The zero-order valence-electron chi connectivity index (χ0n) is 12.4. The topological polar surface area (TPSA) is 44.3 Å². The first-order chi connectivity index (χ1) is 9.86. The van der Waals surface area contributed by atoms with E-state index in [4.69, 9.17) is 0 Å². The van der Waals surface area contributed by atoms with E-state index < -0.39 is 0 Å². The first-order valence-corrected chi connectivity index (χ1v) is 7.85. The lowest BCUT2D eigenvalue weighted by atomic mass is 10.00. The van der Waals surface area contributed by atoms with Gasteiger partial charge in [0, 0.05) is 26.2 Å². The average molecular weight is 275 g/mol. The van der Waals surface area contributed by atoms with E-state index in [9.17, 15) is 0 Å². The molecular formula is C15H25N5. The average Bonchev–Trinajstić information content (AvgIpc) is 2.56. The fraction of sp³-hybridized carbons (Fsp3) is 0.733. The molecule has 1 aromatic rings. The van der Waals surface area contributed by atoms with E-state index in [0.29, 0.717) is 0 Å². The summed E-state index contributed by atoms with van der Waals surface area (Å²) in [5.74, 6) is 1.86. The highest BCUT2D eigenvalue weighted by Crippen LogP contribution is 2.23. The Balaban J connectivity index is 1.57. The highest BCUT2D eigenvalue weighted by Gasteiger charge is 2.26. The Kier molecular flexibility index (Phi) is 4.35. The molecule has 5 nitrogen and oxygen atoms in total. The van der Waals surface area contributed by atoms with Crippen molar-refractivity contribution in [1.29, 1.82) is 0 Å². The van der Waals surface area contributed by atoms with E-state index in [2.05, 4.69) is 25.1 Å². The minimum absolute atomic E-state index is 0.784. The van der Waals surface area contributed by atoms with E-state index >= 15 is 0 Å². The molecule has 3 rings (SSSR count). The minimum atomic E-state index is 0.784. The van der Waals surface area contributed by atoms with Crippen LogP contribution in [0.1, 0.15) is 32.1 Å². The third kappa shape index (κ3) is 3.03. The summed E-state index contributed by atoms with van der Waals surface area (Å²) in [5, 5.41) is 3.06. The monoisotopic (exact) mass is 275 g/mol. The summed E-state index contributed by atoms with van der Waals surface area (Å²) in [6.07, 6.45) is 10.3. The van der Waals surface area contributed by atoms with Crippen LogP contribution >= 0.6 is 0 Å². The van der Waals surface area contributed by atoms with Crippen molar-refractivity contribution in [2.75, 3.05) is 43.4 Å². The molecule has 20 heavy (non-hydrogen) atoms. The molecule has 0 saturated carbocycles. The normalized spacial score (nSPS) is 21.9. The van der Waals surface area contributed by atoms with Crippen LogP contribution in [0.15, 0.2) is 12.4 Å². The number of rotatable bonds is 3. The fourth-order valence-electron chi connectivity index (χ4n) is 3.37. The number of piperidine rings is 2. The number of nitrogens with one attached hydrogen (secondary N) is 1. The molecule has 2 fully saturated rings. The van der Waals surface area contributed by atoms with Gasteiger partial charge in [0.25, 0.3) is 0 Å². The highest BCUT2D eigenvalue weighted by atomic mass is 15.2. The molecular weight excluding hydrogens is 250 g/mol. The third-order valence-corrected chi connectivity index (χ3v) is 4.57. The van der Waals surface area contributed by atoms with Gasteiger partial charge in [-0.05, 0) is 38.8 Å². The summed E-state index contributed by atoms with van der Waals surface area (Å²) in [4.78, 5) is 13.9. The van der Waals surface area contributed by atoms with Crippen molar-refractivity contribution < 1.29 is 0 Å². The van der Waals surface area contributed by atoms with Crippen molar-refractivity contribution in [2.24, 2.45) is 0 Å². The quantitative estimate of drug-likeness (QED) is 0.913.